The van der Waals surface area contributed by atoms with E-state index in [2.05, 4.69) is 41.3 Å². The van der Waals surface area contributed by atoms with Crippen LogP contribution in [0.4, 0.5) is 5.82 Å². The molecule has 0 bridgehead atoms. The van der Waals surface area contributed by atoms with E-state index >= 15 is 0 Å². The third-order valence-corrected chi connectivity index (χ3v) is 4.96. The molecule has 1 unspecified atom stereocenters. The monoisotopic (exact) mass is 327 g/mol. The average molecular weight is 327 g/mol. The van der Waals surface area contributed by atoms with Gasteiger partial charge in [-0.1, -0.05) is 37.3 Å². The van der Waals surface area contributed by atoms with E-state index in [4.69, 9.17) is 0 Å². The Morgan fingerprint density at radius 1 is 1.17 bits per heavy atom. The number of rotatable bonds is 5. The van der Waals surface area contributed by atoms with Gasteiger partial charge in [-0.05, 0) is 25.8 Å². The fraction of sp³-hybridized carbons (Fsp3) is 0.333. The molecule has 2 heterocycles. The predicted octanol–water partition coefficient (Wildman–Crippen LogP) is 4.16. The van der Waals surface area contributed by atoms with E-state index in [0.717, 1.165) is 28.3 Å². The third kappa shape index (κ3) is 3.07. The average Bonchev–Trinajstić information content (AvgIpc) is 2.89. The number of aliphatic hydroxyl groups excluding tert-OH is 1. The first-order chi connectivity index (χ1) is 11.1. The first kappa shape index (κ1) is 15.9. The summed E-state index contributed by atoms with van der Waals surface area (Å²) >= 11 is 1.69. The minimum atomic E-state index is -0.00340. The molecule has 1 atom stereocenters. The van der Waals surface area contributed by atoms with E-state index in [-0.39, 0.29) is 12.6 Å². The topological polar surface area (TPSA) is 58.0 Å². The number of aromatic nitrogens is 2. The predicted molar refractivity (Wildman–Crippen MR) is 97.1 cm³/mol. The second kappa shape index (κ2) is 6.64. The molecule has 2 N–H and O–H groups in total. The summed E-state index contributed by atoms with van der Waals surface area (Å²) in [6, 6.07) is 10.3. The van der Waals surface area contributed by atoms with Crippen LogP contribution in [0.2, 0.25) is 0 Å². The molecule has 2 aromatic heterocycles. The number of aryl methyl sites for hydroxylation is 2. The van der Waals surface area contributed by atoms with Crippen LogP contribution in [-0.4, -0.2) is 27.7 Å². The number of fused-ring (bicyclic) bond motifs is 1. The summed E-state index contributed by atoms with van der Waals surface area (Å²) in [5.41, 5.74) is 2.35. The number of aliphatic hydroxyl groups is 1. The van der Waals surface area contributed by atoms with Gasteiger partial charge in [-0.2, -0.15) is 0 Å². The maximum Gasteiger partial charge on any atom is 0.139 e. The Labute approximate surface area is 140 Å². The molecule has 23 heavy (non-hydrogen) atoms. The molecule has 4 nitrogen and oxygen atoms in total. The molecule has 0 saturated heterocycles. The van der Waals surface area contributed by atoms with Gasteiger partial charge in [0.25, 0.3) is 0 Å². The van der Waals surface area contributed by atoms with E-state index in [1.807, 2.05) is 25.1 Å². The van der Waals surface area contributed by atoms with Crippen molar-refractivity contribution in [3.8, 4) is 11.1 Å². The van der Waals surface area contributed by atoms with Crippen molar-refractivity contribution in [3.05, 3.63) is 41.0 Å². The summed E-state index contributed by atoms with van der Waals surface area (Å²) in [5.74, 6) is 1.56. The van der Waals surface area contributed by atoms with Gasteiger partial charge >= 0.3 is 0 Å². The van der Waals surface area contributed by atoms with Gasteiger partial charge in [-0.15, -0.1) is 11.3 Å². The number of benzene rings is 1. The van der Waals surface area contributed by atoms with Crippen molar-refractivity contribution in [3.63, 3.8) is 0 Å². The minimum Gasteiger partial charge on any atom is -0.394 e. The second-order valence-electron chi connectivity index (χ2n) is 5.63. The van der Waals surface area contributed by atoms with Crippen LogP contribution in [0, 0.1) is 13.8 Å². The lowest BCUT2D eigenvalue weighted by molar-refractivity contribution is 0.271. The molecule has 3 aromatic rings. The fourth-order valence-corrected chi connectivity index (χ4v) is 3.84. The van der Waals surface area contributed by atoms with Gasteiger partial charge < -0.3 is 10.4 Å². The molecule has 0 saturated carbocycles. The normalized spacial score (nSPS) is 12.5. The van der Waals surface area contributed by atoms with E-state index < -0.39 is 0 Å². The molecule has 0 aliphatic rings. The van der Waals surface area contributed by atoms with E-state index in [0.29, 0.717) is 0 Å². The lowest BCUT2D eigenvalue weighted by atomic mass is 10.0. The number of hydrogen-bond acceptors (Lipinski definition) is 5. The highest BCUT2D eigenvalue weighted by molar-refractivity contribution is 7.19. The van der Waals surface area contributed by atoms with Gasteiger partial charge in [0.05, 0.1) is 18.0 Å². The number of thiophene rings is 1. The minimum absolute atomic E-state index is 0.00340. The van der Waals surface area contributed by atoms with Crippen molar-refractivity contribution >= 4 is 27.4 Å². The summed E-state index contributed by atoms with van der Waals surface area (Å²) in [7, 11) is 0. The summed E-state index contributed by atoms with van der Waals surface area (Å²) in [5, 5.41) is 14.0. The zero-order valence-electron chi connectivity index (χ0n) is 13.6. The molecule has 0 fully saturated rings. The van der Waals surface area contributed by atoms with Crippen molar-refractivity contribution in [2.24, 2.45) is 0 Å². The molecule has 1 aromatic carbocycles. The zero-order chi connectivity index (χ0) is 16.4. The third-order valence-electron chi connectivity index (χ3n) is 3.96. The van der Waals surface area contributed by atoms with Crippen LogP contribution in [0.1, 0.15) is 24.0 Å². The SMILES string of the molecule is CCC(CO)Nc1nc(C)nc2sc(C)c(-c3ccccc3)c12. The first-order valence-electron chi connectivity index (χ1n) is 7.84. The van der Waals surface area contributed by atoms with Crippen LogP contribution in [0.15, 0.2) is 30.3 Å². The number of nitrogens with zero attached hydrogens (tertiary/aromatic N) is 2. The van der Waals surface area contributed by atoms with Crippen LogP contribution >= 0.6 is 11.3 Å². The zero-order valence-corrected chi connectivity index (χ0v) is 14.4. The Kier molecular flexibility index (Phi) is 4.59. The van der Waals surface area contributed by atoms with Crippen LogP contribution in [0.25, 0.3) is 21.3 Å². The molecule has 0 aliphatic carbocycles. The molecular weight excluding hydrogens is 306 g/mol. The van der Waals surface area contributed by atoms with Gasteiger partial charge in [-0.25, -0.2) is 9.97 Å². The Hall–Kier alpha value is -1.98. The summed E-state index contributed by atoms with van der Waals surface area (Å²) in [6.45, 7) is 6.17. The van der Waals surface area contributed by atoms with Crippen LogP contribution in [0.3, 0.4) is 0 Å². The number of nitrogens with one attached hydrogen (secondary N) is 1. The Morgan fingerprint density at radius 3 is 2.57 bits per heavy atom. The molecule has 0 radical (unpaired) electrons. The quantitative estimate of drug-likeness (QED) is 0.739. The van der Waals surface area contributed by atoms with Crippen LogP contribution in [0.5, 0.6) is 0 Å². The Bertz CT molecular complexity index is 810. The highest BCUT2D eigenvalue weighted by Crippen LogP contribution is 2.40. The molecule has 0 amide bonds. The van der Waals surface area contributed by atoms with Gasteiger partial charge in [0.15, 0.2) is 0 Å². The van der Waals surface area contributed by atoms with Gasteiger partial charge in [0.1, 0.15) is 16.5 Å². The molecule has 3 rings (SSSR count). The number of anilines is 1. The van der Waals surface area contributed by atoms with Crippen LogP contribution < -0.4 is 5.32 Å². The summed E-state index contributed by atoms with van der Waals surface area (Å²) in [4.78, 5) is 11.4. The lowest BCUT2D eigenvalue weighted by Gasteiger charge is -2.16. The highest BCUT2D eigenvalue weighted by atomic mass is 32.1. The summed E-state index contributed by atoms with van der Waals surface area (Å²) in [6.07, 6.45) is 0.838. The standard InChI is InChI=1S/C18H21N3OS/c1-4-14(10-22)21-17-16-15(13-8-6-5-7-9-13)11(2)23-18(16)20-12(3)19-17/h5-9,14,22H,4,10H2,1-3H3,(H,19,20,21). The Morgan fingerprint density at radius 2 is 1.91 bits per heavy atom. The van der Waals surface area contributed by atoms with Crippen LogP contribution in [-0.2, 0) is 0 Å². The van der Waals surface area contributed by atoms with Crippen molar-refractivity contribution in [2.45, 2.75) is 33.2 Å². The fourth-order valence-electron chi connectivity index (χ4n) is 2.75. The number of hydrogen-bond donors (Lipinski definition) is 2. The molecule has 120 valence electrons. The van der Waals surface area contributed by atoms with Crippen molar-refractivity contribution < 1.29 is 5.11 Å². The maximum atomic E-state index is 9.52. The van der Waals surface area contributed by atoms with E-state index in [9.17, 15) is 5.11 Å². The molecule has 0 spiro atoms. The molecule has 0 aliphatic heterocycles. The largest absolute Gasteiger partial charge is 0.394 e. The maximum absolute atomic E-state index is 9.52. The highest BCUT2D eigenvalue weighted by Gasteiger charge is 2.19. The summed E-state index contributed by atoms with van der Waals surface area (Å²) < 4.78 is 0. The first-order valence-corrected chi connectivity index (χ1v) is 8.66. The smallest absolute Gasteiger partial charge is 0.139 e. The second-order valence-corrected chi connectivity index (χ2v) is 6.83. The lowest BCUT2D eigenvalue weighted by Crippen LogP contribution is -2.23. The molecular formula is C18H21N3OS. The van der Waals surface area contributed by atoms with E-state index in [1.54, 1.807) is 11.3 Å². The van der Waals surface area contributed by atoms with Crippen molar-refractivity contribution in [2.75, 3.05) is 11.9 Å². The Balaban J connectivity index is 2.23. The molecule has 5 heteroatoms. The van der Waals surface area contributed by atoms with Gasteiger partial charge in [0, 0.05) is 10.4 Å². The van der Waals surface area contributed by atoms with Gasteiger partial charge in [0.2, 0.25) is 0 Å². The van der Waals surface area contributed by atoms with Crippen molar-refractivity contribution in [1.29, 1.82) is 0 Å². The van der Waals surface area contributed by atoms with E-state index in [1.165, 1.54) is 16.0 Å². The van der Waals surface area contributed by atoms with Crippen molar-refractivity contribution in [1.82, 2.24) is 9.97 Å². The van der Waals surface area contributed by atoms with Gasteiger partial charge in [-0.3, -0.25) is 0 Å².